The van der Waals surface area contributed by atoms with E-state index in [0.29, 0.717) is 0 Å². The molecule has 0 saturated heterocycles. The summed E-state index contributed by atoms with van der Waals surface area (Å²) in [4.78, 5) is 9.55. The number of hydrogen-bond acceptors (Lipinski definition) is 1. The van der Waals surface area contributed by atoms with Gasteiger partial charge in [-0.25, -0.2) is 0 Å². The Morgan fingerprint density at radius 2 is 1.80 bits per heavy atom. The number of halogens is 4. The molecule has 1 saturated carbocycles. The Labute approximate surface area is 54.0 Å². The maximum atomic E-state index is 12.0. The number of carbonyl (C=O) groups excluding carboxylic acids is 1. The third-order valence-electron chi connectivity index (χ3n) is 1.53. The van der Waals surface area contributed by atoms with Gasteiger partial charge in [0.2, 0.25) is 6.29 Å². The molecule has 1 rings (SSSR count). The smallest absolute Gasteiger partial charge is 0.290 e. The summed E-state index contributed by atoms with van der Waals surface area (Å²) in [6.45, 7) is 0. The van der Waals surface area contributed by atoms with Gasteiger partial charge in [0.05, 0.1) is 0 Å². The molecule has 0 bridgehead atoms. The number of rotatable bonds is 1. The van der Waals surface area contributed by atoms with E-state index < -0.39 is 24.2 Å². The van der Waals surface area contributed by atoms with Crippen molar-refractivity contribution in [3.8, 4) is 0 Å². The van der Waals surface area contributed by atoms with Crippen LogP contribution >= 0.6 is 0 Å². The SMILES string of the molecule is O=[C]C1CC(F)(F)C1(F)F. The summed E-state index contributed by atoms with van der Waals surface area (Å²) >= 11 is 0. The van der Waals surface area contributed by atoms with Crippen molar-refractivity contribution in [3.05, 3.63) is 0 Å². The van der Waals surface area contributed by atoms with Gasteiger partial charge in [-0.1, -0.05) is 0 Å². The van der Waals surface area contributed by atoms with Crippen molar-refractivity contribution in [1.29, 1.82) is 0 Å². The molecular weight excluding hydrogens is 152 g/mol. The first-order chi connectivity index (χ1) is 4.42. The maximum absolute atomic E-state index is 12.0. The van der Waals surface area contributed by atoms with Crippen LogP contribution in [0.15, 0.2) is 0 Å². The van der Waals surface area contributed by atoms with E-state index in [1.165, 1.54) is 0 Å². The van der Waals surface area contributed by atoms with Crippen molar-refractivity contribution in [2.24, 2.45) is 5.92 Å². The highest BCUT2D eigenvalue weighted by atomic mass is 19.3. The second-order valence-corrected chi connectivity index (χ2v) is 2.20. The lowest BCUT2D eigenvalue weighted by Crippen LogP contribution is -2.59. The van der Waals surface area contributed by atoms with Gasteiger partial charge in [0.1, 0.15) is 5.92 Å². The van der Waals surface area contributed by atoms with E-state index in [1.807, 2.05) is 0 Å². The average Bonchev–Trinajstić information content (AvgIpc) is 1.83. The summed E-state index contributed by atoms with van der Waals surface area (Å²) in [6, 6.07) is 0. The first-order valence-corrected chi connectivity index (χ1v) is 2.55. The van der Waals surface area contributed by atoms with E-state index in [-0.39, 0.29) is 0 Å². The molecule has 0 aliphatic heterocycles. The molecule has 57 valence electrons. The monoisotopic (exact) mass is 155 g/mol. The van der Waals surface area contributed by atoms with Crippen molar-refractivity contribution in [2.75, 3.05) is 0 Å². The van der Waals surface area contributed by atoms with E-state index >= 15 is 0 Å². The second kappa shape index (κ2) is 1.71. The highest BCUT2D eigenvalue weighted by Gasteiger charge is 2.72. The molecule has 0 N–H and O–H groups in total. The molecule has 1 aliphatic carbocycles. The maximum Gasteiger partial charge on any atom is 0.320 e. The van der Waals surface area contributed by atoms with Gasteiger partial charge in [-0.15, -0.1) is 0 Å². The Balaban J connectivity index is 2.73. The molecule has 1 aliphatic rings. The Hall–Kier alpha value is -0.610. The zero-order valence-corrected chi connectivity index (χ0v) is 4.70. The first-order valence-electron chi connectivity index (χ1n) is 2.55. The molecule has 1 radical (unpaired) electrons. The first kappa shape index (κ1) is 7.50. The lowest BCUT2D eigenvalue weighted by molar-refractivity contribution is -0.296. The van der Waals surface area contributed by atoms with Crippen LogP contribution in [0.5, 0.6) is 0 Å². The van der Waals surface area contributed by atoms with Crippen molar-refractivity contribution >= 4 is 6.29 Å². The summed E-state index contributed by atoms with van der Waals surface area (Å²) in [5, 5.41) is 0. The van der Waals surface area contributed by atoms with Crippen LogP contribution in [0.4, 0.5) is 17.6 Å². The highest BCUT2D eigenvalue weighted by Crippen LogP contribution is 2.54. The van der Waals surface area contributed by atoms with Gasteiger partial charge in [0.25, 0.3) is 0 Å². The van der Waals surface area contributed by atoms with Crippen LogP contribution in [-0.2, 0) is 4.79 Å². The Morgan fingerprint density at radius 1 is 1.30 bits per heavy atom. The molecule has 0 spiro atoms. The molecule has 1 nitrogen and oxygen atoms in total. The quantitative estimate of drug-likeness (QED) is 0.523. The van der Waals surface area contributed by atoms with E-state index in [2.05, 4.69) is 0 Å². The minimum absolute atomic E-state index is 0.867. The van der Waals surface area contributed by atoms with Gasteiger partial charge in [-0.2, -0.15) is 17.6 Å². The predicted molar refractivity (Wildman–Crippen MR) is 23.7 cm³/mol. The third-order valence-corrected chi connectivity index (χ3v) is 1.53. The molecule has 0 heterocycles. The molecule has 0 aromatic rings. The number of hydrogen-bond donors (Lipinski definition) is 0. The Morgan fingerprint density at radius 3 is 1.90 bits per heavy atom. The summed E-state index contributed by atoms with van der Waals surface area (Å²) in [5.41, 5.74) is 0. The molecule has 1 atom stereocenters. The minimum atomic E-state index is -4.17. The summed E-state index contributed by atoms with van der Waals surface area (Å²) in [7, 11) is 0. The summed E-state index contributed by atoms with van der Waals surface area (Å²) < 4.78 is 47.6. The molecule has 1 fully saturated rings. The molecule has 10 heavy (non-hydrogen) atoms. The topological polar surface area (TPSA) is 17.1 Å². The van der Waals surface area contributed by atoms with Crippen LogP contribution in [0.1, 0.15) is 6.42 Å². The fraction of sp³-hybridized carbons (Fsp3) is 0.800. The second-order valence-electron chi connectivity index (χ2n) is 2.20. The number of alkyl halides is 4. The fourth-order valence-corrected chi connectivity index (χ4v) is 0.760. The molecule has 1 unspecified atom stereocenters. The van der Waals surface area contributed by atoms with Crippen molar-refractivity contribution in [1.82, 2.24) is 0 Å². The highest BCUT2D eigenvalue weighted by molar-refractivity contribution is 5.59. The Kier molecular flexibility index (Phi) is 1.28. The van der Waals surface area contributed by atoms with Crippen LogP contribution in [0.2, 0.25) is 0 Å². The molecular formula is C5H3F4O. The molecule has 5 heteroatoms. The molecule has 0 aromatic carbocycles. The van der Waals surface area contributed by atoms with Gasteiger partial charge in [0, 0.05) is 6.42 Å². The van der Waals surface area contributed by atoms with Crippen molar-refractivity contribution in [3.63, 3.8) is 0 Å². The average molecular weight is 155 g/mol. The zero-order valence-electron chi connectivity index (χ0n) is 4.70. The fourth-order valence-electron chi connectivity index (χ4n) is 0.760. The van der Waals surface area contributed by atoms with Crippen LogP contribution in [0.3, 0.4) is 0 Å². The van der Waals surface area contributed by atoms with E-state index in [0.717, 1.165) is 6.29 Å². The standard InChI is InChI=1S/C5H3F4O/c6-4(7)1-3(2-10)5(4,8)9/h3H,1H2. The zero-order chi connectivity index (χ0) is 7.99. The largest absolute Gasteiger partial charge is 0.320 e. The summed E-state index contributed by atoms with van der Waals surface area (Å²) in [6.07, 6.45) is -0.213. The van der Waals surface area contributed by atoms with Crippen LogP contribution in [0.25, 0.3) is 0 Å². The summed E-state index contributed by atoms with van der Waals surface area (Å²) in [5.74, 6) is -10.1. The van der Waals surface area contributed by atoms with Gasteiger partial charge in [0.15, 0.2) is 0 Å². The van der Waals surface area contributed by atoms with Crippen LogP contribution in [-0.4, -0.2) is 18.1 Å². The van der Waals surface area contributed by atoms with Gasteiger partial charge in [-0.05, 0) is 0 Å². The molecule has 0 amide bonds. The predicted octanol–water partition coefficient (Wildman–Crippen LogP) is 1.39. The molecule has 0 aromatic heterocycles. The third kappa shape index (κ3) is 0.660. The van der Waals surface area contributed by atoms with E-state index in [9.17, 15) is 22.4 Å². The van der Waals surface area contributed by atoms with Crippen LogP contribution < -0.4 is 0 Å². The van der Waals surface area contributed by atoms with Gasteiger partial charge in [-0.3, -0.25) is 4.79 Å². The Bertz CT molecular complexity index is 165. The minimum Gasteiger partial charge on any atom is -0.290 e. The van der Waals surface area contributed by atoms with Crippen molar-refractivity contribution < 1.29 is 22.4 Å². The van der Waals surface area contributed by atoms with Crippen LogP contribution in [0, 0.1) is 5.92 Å². The lowest BCUT2D eigenvalue weighted by Gasteiger charge is -2.40. The van der Waals surface area contributed by atoms with E-state index in [4.69, 9.17) is 0 Å². The van der Waals surface area contributed by atoms with Crippen molar-refractivity contribution in [2.45, 2.75) is 18.3 Å². The van der Waals surface area contributed by atoms with E-state index in [1.54, 1.807) is 0 Å². The van der Waals surface area contributed by atoms with Gasteiger partial charge >= 0.3 is 11.8 Å². The van der Waals surface area contributed by atoms with Gasteiger partial charge < -0.3 is 0 Å². The normalized spacial score (nSPS) is 34.6. The lowest BCUT2D eigenvalue weighted by atomic mass is 9.78.